The minimum Gasteiger partial charge on any atom is -0.378 e. The van der Waals surface area contributed by atoms with Gasteiger partial charge in [0.05, 0.1) is 6.10 Å². The Balaban J connectivity index is 2.21. The van der Waals surface area contributed by atoms with Crippen molar-refractivity contribution in [2.24, 2.45) is 5.41 Å². The Kier molecular flexibility index (Phi) is 6.21. The molecule has 1 fully saturated rings. The quantitative estimate of drug-likeness (QED) is 0.621. The fourth-order valence-corrected chi connectivity index (χ4v) is 3.51. The molecule has 15 heavy (non-hydrogen) atoms. The lowest BCUT2D eigenvalue weighted by Gasteiger charge is -2.29. The zero-order valence-corrected chi connectivity index (χ0v) is 11.8. The Morgan fingerprint density at radius 2 is 2.07 bits per heavy atom. The molecule has 1 nitrogen and oxygen atoms in total. The highest BCUT2D eigenvalue weighted by molar-refractivity contribution is 9.09. The first-order valence-corrected chi connectivity index (χ1v) is 7.56. The molecule has 1 heterocycles. The van der Waals surface area contributed by atoms with Crippen molar-refractivity contribution < 1.29 is 4.74 Å². The Morgan fingerprint density at radius 1 is 1.33 bits per heavy atom. The first-order chi connectivity index (χ1) is 7.26. The van der Waals surface area contributed by atoms with Crippen LogP contribution in [0.4, 0.5) is 0 Å². The van der Waals surface area contributed by atoms with Crippen LogP contribution in [0.15, 0.2) is 0 Å². The largest absolute Gasteiger partial charge is 0.378 e. The Bertz CT molecular complexity index is 152. The molecule has 0 N–H and O–H groups in total. The van der Waals surface area contributed by atoms with Gasteiger partial charge in [0, 0.05) is 11.9 Å². The molecule has 0 aliphatic carbocycles. The molecule has 0 aromatic heterocycles. The Hall–Kier alpha value is 0.440. The van der Waals surface area contributed by atoms with E-state index in [2.05, 4.69) is 29.8 Å². The van der Waals surface area contributed by atoms with E-state index >= 15 is 0 Å². The van der Waals surface area contributed by atoms with Crippen LogP contribution in [0.25, 0.3) is 0 Å². The van der Waals surface area contributed by atoms with Gasteiger partial charge in [0.2, 0.25) is 0 Å². The molecule has 1 rings (SSSR count). The summed E-state index contributed by atoms with van der Waals surface area (Å²) in [7, 11) is 0. The van der Waals surface area contributed by atoms with E-state index in [0.29, 0.717) is 11.5 Å². The lowest BCUT2D eigenvalue weighted by atomic mass is 9.79. The summed E-state index contributed by atoms with van der Waals surface area (Å²) in [5.41, 5.74) is 0.540. The van der Waals surface area contributed by atoms with Gasteiger partial charge in [-0.05, 0) is 43.9 Å². The minimum atomic E-state index is 0.540. The Morgan fingerprint density at radius 3 is 2.53 bits per heavy atom. The SMILES string of the molecule is CCC(CC)(CBr)CCCC1CCCO1. The number of ether oxygens (including phenoxy) is 1. The van der Waals surface area contributed by atoms with Crippen LogP contribution in [0.5, 0.6) is 0 Å². The van der Waals surface area contributed by atoms with Crippen LogP contribution < -0.4 is 0 Å². The summed E-state index contributed by atoms with van der Waals surface area (Å²) < 4.78 is 5.66. The van der Waals surface area contributed by atoms with Crippen LogP contribution in [0.2, 0.25) is 0 Å². The average Bonchev–Trinajstić information content (AvgIpc) is 2.78. The fourth-order valence-electron chi connectivity index (χ4n) is 2.44. The van der Waals surface area contributed by atoms with Crippen molar-refractivity contribution in [3.63, 3.8) is 0 Å². The van der Waals surface area contributed by atoms with Gasteiger partial charge in [0.25, 0.3) is 0 Å². The monoisotopic (exact) mass is 276 g/mol. The molecule has 1 aliphatic heterocycles. The summed E-state index contributed by atoms with van der Waals surface area (Å²) >= 11 is 3.68. The van der Waals surface area contributed by atoms with E-state index in [-0.39, 0.29) is 0 Å². The molecule has 0 aromatic rings. The average molecular weight is 277 g/mol. The van der Waals surface area contributed by atoms with Gasteiger partial charge < -0.3 is 4.74 Å². The van der Waals surface area contributed by atoms with E-state index in [0.717, 1.165) is 11.9 Å². The van der Waals surface area contributed by atoms with E-state index in [1.807, 2.05) is 0 Å². The van der Waals surface area contributed by atoms with Crippen LogP contribution in [0.1, 0.15) is 58.8 Å². The third kappa shape index (κ3) is 4.07. The molecule has 0 spiro atoms. The van der Waals surface area contributed by atoms with Gasteiger partial charge >= 0.3 is 0 Å². The maximum Gasteiger partial charge on any atom is 0.0576 e. The highest BCUT2D eigenvalue weighted by Gasteiger charge is 2.25. The normalized spacial score (nSPS) is 22.2. The third-order valence-corrected chi connectivity index (χ3v) is 5.23. The van der Waals surface area contributed by atoms with Gasteiger partial charge in [-0.2, -0.15) is 0 Å². The van der Waals surface area contributed by atoms with Crippen molar-refractivity contribution in [1.82, 2.24) is 0 Å². The summed E-state index contributed by atoms with van der Waals surface area (Å²) in [6.07, 6.45) is 9.68. The molecule has 2 heteroatoms. The highest BCUT2D eigenvalue weighted by Crippen LogP contribution is 2.35. The zero-order valence-electron chi connectivity index (χ0n) is 10.2. The number of halogens is 1. The molecule has 0 saturated carbocycles. The summed E-state index contributed by atoms with van der Waals surface area (Å²) in [6, 6.07) is 0. The van der Waals surface area contributed by atoms with Gasteiger partial charge in [-0.25, -0.2) is 0 Å². The first kappa shape index (κ1) is 13.5. The molecular weight excluding hydrogens is 252 g/mol. The van der Waals surface area contributed by atoms with E-state index < -0.39 is 0 Å². The molecule has 1 aliphatic rings. The smallest absolute Gasteiger partial charge is 0.0576 e. The first-order valence-electron chi connectivity index (χ1n) is 6.44. The van der Waals surface area contributed by atoms with Crippen molar-refractivity contribution in [1.29, 1.82) is 0 Å². The van der Waals surface area contributed by atoms with E-state index in [1.54, 1.807) is 0 Å². The lowest BCUT2D eigenvalue weighted by Crippen LogP contribution is -2.21. The van der Waals surface area contributed by atoms with Crippen LogP contribution in [-0.4, -0.2) is 18.0 Å². The number of alkyl halides is 1. The predicted molar refractivity (Wildman–Crippen MR) is 69.6 cm³/mol. The summed E-state index contributed by atoms with van der Waals surface area (Å²) in [6.45, 7) is 5.63. The Labute approximate surface area is 103 Å². The highest BCUT2D eigenvalue weighted by atomic mass is 79.9. The number of rotatable bonds is 7. The van der Waals surface area contributed by atoms with Crippen LogP contribution in [-0.2, 0) is 4.74 Å². The van der Waals surface area contributed by atoms with Crippen molar-refractivity contribution in [3.05, 3.63) is 0 Å². The zero-order chi connectivity index (χ0) is 11.1. The van der Waals surface area contributed by atoms with Crippen molar-refractivity contribution in [2.75, 3.05) is 11.9 Å². The van der Waals surface area contributed by atoms with Crippen molar-refractivity contribution in [3.8, 4) is 0 Å². The van der Waals surface area contributed by atoms with Crippen molar-refractivity contribution in [2.45, 2.75) is 64.9 Å². The van der Waals surface area contributed by atoms with Gasteiger partial charge in [0.15, 0.2) is 0 Å². The summed E-state index contributed by atoms with van der Waals surface area (Å²) in [4.78, 5) is 0. The molecule has 0 bridgehead atoms. The molecule has 1 saturated heterocycles. The maximum atomic E-state index is 5.66. The molecule has 0 aromatic carbocycles. The second-order valence-corrected chi connectivity index (χ2v) is 5.43. The van der Waals surface area contributed by atoms with E-state index in [4.69, 9.17) is 4.74 Å². The van der Waals surface area contributed by atoms with E-state index in [9.17, 15) is 0 Å². The van der Waals surface area contributed by atoms with Crippen LogP contribution in [0, 0.1) is 5.41 Å². The standard InChI is InChI=1S/C13H25BrO/c1-3-13(4-2,11-14)9-5-7-12-8-6-10-15-12/h12H,3-11H2,1-2H3. The van der Waals surface area contributed by atoms with Gasteiger partial charge in [-0.15, -0.1) is 0 Å². The van der Waals surface area contributed by atoms with Gasteiger partial charge in [-0.1, -0.05) is 36.2 Å². The number of hydrogen-bond acceptors (Lipinski definition) is 1. The summed E-state index contributed by atoms with van der Waals surface area (Å²) in [5, 5.41) is 1.15. The predicted octanol–water partition coefficient (Wildman–Crippen LogP) is 4.54. The number of hydrogen-bond donors (Lipinski definition) is 0. The fraction of sp³-hybridized carbons (Fsp3) is 1.00. The lowest BCUT2D eigenvalue weighted by molar-refractivity contribution is 0.0978. The third-order valence-electron chi connectivity index (χ3n) is 4.04. The molecule has 0 radical (unpaired) electrons. The second kappa shape index (κ2) is 6.90. The minimum absolute atomic E-state index is 0.540. The molecule has 90 valence electrons. The maximum absolute atomic E-state index is 5.66. The molecular formula is C13H25BrO. The van der Waals surface area contributed by atoms with Gasteiger partial charge in [-0.3, -0.25) is 0 Å². The van der Waals surface area contributed by atoms with Crippen molar-refractivity contribution >= 4 is 15.9 Å². The van der Waals surface area contributed by atoms with Crippen LogP contribution in [0.3, 0.4) is 0 Å². The molecule has 0 amide bonds. The topological polar surface area (TPSA) is 9.23 Å². The molecule has 1 atom stereocenters. The van der Waals surface area contributed by atoms with Crippen LogP contribution >= 0.6 is 15.9 Å². The molecule has 1 unspecified atom stereocenters. The summed E-state index contributed by atoms with van der Waals surface area (Å²) in [5.74, 6) is 0. The second-order valence-electron chi connectivity index (χ2n) is 4.87. The van der Waals surface area contributed by atoms with Gasteiger partial charge in [0.1, 0.15) is 0 Å². The van der Waals surface area contributed by atoms with E-state index in [1.165, 1.54) is 44.9 Å².